The molecule has 0 aliphatic heterocycles. The van der Waals surface area contributed by atoms with E-state index in [1.165, 1.54) is 77.0 Å². The van der Waals surface area contributed by atoms with Gasteiger partial charge in [0.05, 0.1) is 19.8 Å². The summed E-state index contributed by atoms with van der Waals surface area (Å²) < 4.78 is 16.7. The Morgan fingerprint density at radius 3 is 0.875 bits per heavy atom. The van der Waals surface area contributed by atoms with Crippen molar-refractivity contribution in [2.45, 2.75) is 175 Å². The van der Waals surface area contributed by atoms with E-state index in [1.807, 2.05) is 6.92 Å². The zero-order valence-electron chi connectivity index (χ0n) is 26.8. The molecule has 0 bridgehead atoms. The molecule has 0 aromatic rings. The van der Waals surface area contributed by atoms with E-state index in [4.69, 9.17) is 14.2 Å². The van der Waals surface area contributed by atoms with Gasteiger partial charge in [0.25, 0.3) is 5.41 Å². The maximum absolute atomic E-state index is 13.4. The lowest BCUT2D eigenvalue weighted by molar-refractivity contribution is -0.185. The summed E-state index contributed by atoms with van der Waals surface area (Å²) in [7, 11) is 0. The first-order chi connectivity index (χ1) is 19.5. The number of carbonyl (C=O) groups is 3. The van der Waals surface area contributed by atoms with Crippen LogP contribution in [0.25, 0.3) is 0 Å². The first-order valence-corrected chi connectivity index (χ1v) is 17.0. The van der Waals surface area contributed by atoms with Crippen molar-refractivity contribution < 1.29 is 28.6 Å². The topological polar surface area (TPSA) is 78.9 Å². The van der Waals surface area contributed by atoms with Crippen LogP contribution in [0.5, 0.6) is 0 Å². The van der Waals surface area contributed by atoms with E-state index in [0.717, 1.165) is 57.8 Å². The van der Waals surface area contributed by atoms with Crippen LogP contribution in [-0.2, 0) is 28.6 Å². The molecule has 0 aliphatic rings. The fraction of sp³-hybridized carbons (Fsp3) is 0.912. The largest absolute Gasteiger partial charge is 0.464 e. The predicted molar refractivity (Wildman–Crippen MR) is 164 cm³/mol. The maximum Gasteiger partial charge on any atom is 0.335 e. The lowest BCUT2D eigenvalue weighted by Crippen LogP contribution is -2.49. The van der Waals surface area contributed by atoms with Gasteiger partial charge in [0.1, 0.15) is 0 Å². The first-order valence-electron chi connectivity index (χ1n) is 17.0. The van der Waals surface area contributed by atoms with Gasteiger partial charge in [0.15, 0.2) is 0 Å². The van der Waals surface area contributed by atoms with Crippen LogP contribution in [0.1, 0.15) is 175 Å². The van der Waals surface area contributed by atoms with Crippen LogP contribution in [0.15, 0.2) is 0 Å². The van der Waals surface area contributed by atoms with Gasteiger partial charge in [-0.25, -0.2) is 0 Å². The number of ether oxygens (including phenoxy) is 3. The Morgan fingerprint density at radius 1 is 0.375 bits per heavy atom. The Morgan fingerprint density at radius 2 is 0.625 bits per heavy atom. The van der Waals surface area contributed by atoms with E-state index in [-0.39, 0.29) is 26.2 Å². The van der Waals surface area contributed by atoms with Crippen LogP contribution in [0, 0.1) is 5.41 Å². The average molecular weight is 569 g/mol. The first kappa shape index (κ1) is 38.4. The van der Waals surface area contributed by atoms with Crippen LogP contribution in [0.2, 0.25) is 0 Å². The van der Waals surface area contributed by atoms with Crippen molar-refractivity contribution in [1.82, 2.24) is 0 Å². The molecule has 0 aromatic heterocycles. The SMILES string of the molecule is CCCCCCCCCOC(=O)C(CCC)(C(=O)OCCCCCCCCC)C(=O)OCCCCCCCCC. The van der Waals surface area contributed by atoms with E-state index >= 15 is 0 Å². The Hall–Kier alpha value is -1.59. The highest BCUT2D eigenvalue weighted by atomic mass is 16.6. The van der Waals surface area contributed by atoms with Gasteiger partial charge >= 0.3 is 17.9 Å². The number of rotatable bonds is 29. The van der Waals surface area contributed by atoms with Gasteiger partial charge in [-0.3, -0.25) is 14.4 Å². The lowest BCUT2D eigenvalue weighted by Gasteiger charge is -2.27. The highest BCUT2D eigenvalue weighted by Crippen LogP contribution is 2.31. The number of hydrogen-bond acceptors (Lipinski definition) is 6. The normalized spacial score (nSPS) is 11.4. The van der Waals surface area contributed by atoms with Crippen LogP contribution in [-0.4, -0.2) is 37.7 Å². The fourth-order valence-electron chi connectivity index (χ4n) is 4.97. The molecule has 0 heterocycles. The van der Waals surface area contributed by atoms with Crippen molar-refractivity contribution in [2.24, 2.45) is 5.41 Å². The minimum Gasteiger partial charge on any atom is -0.464 e. The van der Waals surface area contributed by atoms with Crippen LogP contribution in [0.3, 0.4) is 0 Å². The van der Waals surface area contributed by atoms with Gasteiger partial charge in [-0.15, -0.1) is 0 Å². The predicted octanol–water partition coefficient (Wildman–Crippen LogP) is 9.65. The van der Waals surface area contributed by atoms with Crippen LogP contribution in [0.4, 0.5) is 0 Å². The van der Waals surface area contributed by atoms with Crippen molar-refractivity contribution in [1.29, 1.82) is 0 Å². The molecule has 0 saturated carbocycles. The quantitative estimate of drug-likeness (QED) is 0.0387. The second-order valence-electron chi connectivity index (χ2n) is 11.4. The summed E-state index contributed by atoms with van der Waals surface area (Å²) in [6, 6.07) is 0. The minimum atomic E-state index is -2.03. The molecule has 0 amide bonds. The van der Waals surface area contributed by atoms with Gasteiger partial charge in [0, 0.05) is 0 Å². The molecule has 0 aliphatic carbocycles. The Bertz CT molecular complexity index is 539. The van der Waals surface area contributed by atoms with Gasteiger partial charge in [-0.1, -0.05) is 150 Å². The molecule has 40 heavy (non-hydrogen) atoms. The Balaban J connectivity index is 5.01. The van der Waals surface area contributed by atoms with Crippen molar-refractivity contribution in [3.63, 3.8) is 0 Å². The molecule has 0 rings (SSSR count). The lowest BCUT2D eigenvalue weighted by atomic mass is 9.83. The smallest absolute Gasteiger partial charge is 0.335 e. The summed E-state index contributed by atoms with van der Waals surface area (Å²) in [5.74, 6) is -2.43. The Kier molecular flexibility index (Phi) is 26.5. The molecular formula is C34H64O6. The van der Waals surface area contributed by atoms with Gasteiger partial charge in [-0.2, -0.15) is 0 Å². The van der Waals surface area contributed by atoms with Crippen LogP contribution < -0.4 is 0 Å². The van der Waals surface area contributed by atoms with Gasteiger partial charge in [0.2, 0.25) is 0 Å². The zero-order chi connectivity index (χ0) is 29.7. The van der Waals surface area contributed by atoms with E-state index in [0.29, 0.717) is 6.42 Å². The molecule has 0 N–H and O–H groups in total. The van der Waals surface area contributed by atoms with Crippen molar-refractivity contribution in [2.75, 3.05) is 19.8 Å². The molecule has 6 heteroatoms. The number of carbonyl (C=O) groups excluding carboxylic acids is 3. The monoisotopic (exact) mass is 568 g/mol. The summed E-state index contributed by atoms with van der Waals surface area (Å²) in [5, 5.41) is 0. The third kappa shape index (κ3) is 18.0. The Labute approximate surface area is 247 Å². The summed E-state index contributed by atoms with van der Waals surface area (Å²) in [4.78, 5) is 40.1. The second-order valence-corrected chi connectivity index (χ2v) is 11.4. The van der Waals surface area contributed by atoms with E-state index < -0.39 is 23.3 Å². The number of hydrogen-bond donors (Lipinski definition) is 0. The number of unbranched alkanes of at least 4 members (excludes halogenated alkanes) is 18. The van der Waals surface area contributed by atoms with Crippen LogP contribution >= 0.6 is 0 Å². The molecule has 236 valence electrons. The third-order valence-electron chi connectivity index (χ3n) is 7.61. The highest BCUT2D eigenvalue weighted by Gasteiger charge is 2.56. The number of esters is 3. The molecule has 0 saturated heterocycles. The molecular weight excluding hydrogens is 504 g/mol. The zero-order valence-corrected chi connectivity index (χ0v) is 26.8. The van der Waals surface area contributed by atoms with E-state index in [1.54, 1.807) is 0 Å². The molecule has 0 spiro atoms. The maximum atomic E-state index is 13.4. The van der Waals surface area contributed by atoms with Crippen molar-refractivity contribution in [3.05, 3.63) is 0 Å². The molecule has 0 atom stereocenters. The second kappa shape index (κ2) is 27.6. The summed E-state index contributed by atoms with van der Waals surface area (Å²) in [6.07, 6.45) is 23.4. The minimum absolute atomic E-state index is 0.0363. The van der Waals surface area contributed by atoms with Crippen molar-refractivity contribution in [3.8, 4) is 0 Å². The summed E-state index contributed by atoms with van der Waals surface area (Å²) in [5.41, 5.74) is -2.03. The summed E-state index contributed by atoms with van der Waals surface area (Å²) in [6.45, 7) is 9.05. The molecule has 0 aromatic carbocycles. The van der Waals surface area contributed by atoms with E-state index in [9.17, 15) is 14.4 Å². The van der Waals surface area contributed by atoms with Gasteiger partial charge < -0.3 is 14.2 Å². The highest BCUT2D eigenvalue weighted by molar-refractivity contribution is 6.17. The fourth-order valence-corrected chi connectivity index (χ4v) is 4.97. The standard InChI is InChI=1S/C34H64O6/c1-5-9-12-15-18-21-24-28-38-31(35)34(27-8-4,32(36)39-29-25-22-19-16-13-10-6-2)33(37)40-30-26-23-20-17-14-11-7-3/h5-30H2,1-4H3. The van der Waals surface area contributed by atoms with Crippen molar-refractivity contribution >= 4 is 17.9 Å². The molecule has 6 nitrogen and oxygen atoms in total. The molecule has 0 unspecified atom stereocenters. The van der Waals surface area contributed by atoms with E-state index in [2.05, 4.69) is 20.8 Å². The molecule has 0 radical (unpaired) electrons. The summed E-state index contributed by atoms with van der Waals surface area (Å²) >= 11 is 0. The molecule has 0 fully saturated rings. The van der Waals surface area contributed by atoms with Gasteiger partial charge in [-0.05, 0) is 25.7 Å². The third-order valence-corrected chi connectivity index (χ3v) is 7.61. The average Bonchev–Trinajstić information content (AvgIpc) is 2.95.